The highest BCUT2D eigenvalue weighted by molar-refractivity contribution is 9.10. The molecule has 114 valence electrons. The van der Waals surface area contributed by atoms with E-state index in [1.165, 1.54) is 0 Å². The molecule has 0 saturated heterocycles. The SMILES string of the molecule is C[C@@H](C[S@@](=O)C(C)(C)C)c1cc(Br)cc(C(F)(F)F)c1. The lowest BCUT2D eigenvalue weighted by atomic mass is 10.0. The Balaban J connectivity index is 3.02. The molecule has 6 heteroatoms. The maximum absolute atomic E-state index is 12.8. The molecule has 0 radical (unpaired) electrons. The summed E-state index contributed by atoms with van der Waals surface area (Å²) in [6.07, 6.45) is -4.37. The number of benzene rings is 1. The molecule has 1 rings (SSSR count). The summed E-state index contributed by atoms with van der Waals surface area (Å²) >= 11 is 3.10. The number of rotatable bonds is 3. The van der Waals surface area contributed by atoms with Gasteiger partial charge in [-0.1, -0.05) is 22.9 Å². The van der Waals surface area contributed by atoms with Gasteiger partial charge in [0.15, 0.2) is 0 Å². The standard InChI is InChI=1S/C14H18BrF3OS/c1-9(8-20(19)13(2,3)4)10-5-11(14(16,17)18)7-12(15)6-10/h5-7,9H,8H2,1-4H3/t9-,20+/m0/s1. The van der Waals surface area contributed by atoms with Gasteiger partial charge in [0.25, 0.3) is 0 Å². The second-order valence-corrected chi connectivity index (χ2v) is 8.96. The van der Waals surface area contributed by atoms with Crippen LogP contribution in [0, 0.1) is 0 Å². The Labute approximate surface area is 128 Å². The van der Waals surface area contributed by atoms with Crippen molar-refractivity contribution in [1.29, 1.82) is 0 Å². The zero-order chi connectivity index (χ0) is 15.7. The Morgan fingerprint density at radius 3 is 2.20 bits per heavy atom. The fourth-order valence-electron chi connectivity index (χ4n) is 1.63. The lowest BCUT2D eigenvalue weighted by molar-refractivity contribution is -0.137. The molecule has 1 aromatic carbocycles. The number of alkyl halides is 3. The van der Waals surface area contributed by atoms with Crippen molar-refractivity contribution in [2.75, 3.05) is 5.75 Å². The average Bonchev–Trinajstić information content (AvgIpc) is 2.25. The molecule has 0 heterocycles. The van der Waals surface area contributed by atoms with Crippen molar-refractivity contribution in [3.63, 3.8) is 0 Å². The minimum Gasteiger partial charge on any atom is -0.259 e. The van der Waals surface area contributed by atoms with E-state index in [4.69, 9.17) is 0 Å². The van der Waals surface area contributed by atoms with E-state index in [9.17, 15) is 17.4 Å². The quantitative estimate of drug-likeness (QED) is 0.721. The maximum Gasteiger partial charge on any atom is 0.416 e. The summed E-state index contributed by atoms with van der Waals surface area (Å²) in [7, 11) is -1.10. The molecule has 0 fully saturated rings. The Morgan fingerprint density at radius 2 is 1.75 bits per heavy atom. The highest BCUT2D eigenvalue weighted by Crippen LogP contribution is 2.34. The van der Waals surface area contributed by atoms with E-state index < -0.39 is 22.5 Å². The van der Waals surface area contributed by atoms with Gasteiger partial charge in [-0.15, -0.1) is 0 Å². The van der Waals surface area contributed by atoms with Crippen molar-refractivity contribution in [3.05, 3.63) is 33.8 Å². The molecule has 0 bridgehead atoms. The third-order valence-corrected chi connectivity index (χ3v) is 5.53. The van der Waals surface area contributed by atoms with E-state index in [2.05, 4.69) is 15.9 Å². The first-order chi connectivity index (χ1) is 8.91. The van der Waals surface area contributed by atoms with Gasteiger partial charge in [0.1, 0.15) is 0 Å². The van der Waals surface area contributed by atoms with Crippen LogP contribution in [0.15, 0.2) is 22.7 Å². The zero-order valence-corrected chi connectivity index (χ0v) is 14.2. The van der Waals surface area contributed by atoms with Gasteiger partial charge in [-0.2, -0.15) is 13.2 Å². The van der Waals surface area contributed by atoms with Crippen LogP contribution < -0.4 is 0 Å². The molecule has 0 aromatic heterocycles. The third kappa shape index (κ3) is 4.88. The van der Waals surface area contributed by atoms with Crippen molar-refractivity contribution in [2.24, 2.45) is 0 Å². The van der Waals surface area contributed by atoms with E-state index in [-0.39, 0.29) is 10.7 Å². The molecule has 1 aromatic rings. The third-order valence-electron chi connectivity index (χ3n) is 2.90. The van der Waals surface area contributed by atoms with Crippen LogP contribution in [-0.2, 0) is 17.0 Å². The van der Waals surface area contributed by atoms with E-state index in [0.29, 0.717) is 15.8 Å². The van der Waals surface area contributed by atoms with Crippen molar-refractivity contribution in [2.45, 2.75) is 44.5 Å². The van der Waals surface area contributed by atoms with E-state index in [0.717, 1.165) is 12.1 Å². The molecule has 0 aliphatic carbocycles. The molecule has 0 aliphatic heterocycles. The van der Waals surface area contributed by atoms with Crippen molar-refractivity contribution in [3.8, 4) is 0 Å². The molecule has 0 amide bonds. The Morgan fingerprint density at radius 1 is 1.20 bits per heavy atom. The van der Waals surface area contributed by atoms with Crippen LogP contribution in [0.4, 0.5) is 13.2 Å². The van der Waals surface area contributed by atoms with E-state index in [1.54, 1.807) is 13.0 Å². The predicted molar refractivity (Wildman–Crippen MR) is 80.3 cm³/mol. The van der Waals surface area contributed by atoms with Gasteiger partial charge in [-0.25, -0.2) is 0 Å². The fourth-order valence-corrected chi connectivity index (χ4v) is 3.29. The van der Waals surface area contributed by atoms with E-state index >= 15 is 0 Å². The highest BCUT2D eigenvalue weighted by atomic mass is 79.9. The molecule has 1 nitrogen and oxygen atoms in total. The molecule has 0 N–H and O–H groups in total. The van der Waals surface area contributed by atoms with Crippen LogP contribution in [0.3, 0.4) is 0 Å². The van der Waals surface area contributed by atoms with Crippen molar-refractivity contribution >= 4 is 26.7 Å². The molecule has 20 heavy (non-hydrogen) atoms. The summed E-state index contributed by atoms with van der Waals surface area (Å²) in [5.74, 6) is 0.144. The Bertz CT molecular complexity index is 506. The number of halogens is 4. The summed E-state index contributed by atoms with van der Waals surface area (Å²) in [5, 5.41) is 0. The molecule has 0 saturated carbocycles. The van der Waals surface area contributed by atoms with Crippen molar-refractivity contribution < 1.29 is 17.4 Å². The first kappa shape index (κ1) is 17.7. The van der Waals surface area contributed by atoms with Gasteiger partial charge in [-0.3, -0.25) is 4.21 Å². The summed E-state index contributed by atoms with van der Waals surface area (Å²) in [4.78, 5) is 0. The minimum atomic E-state index is -4.37. The second kappa shape index (κ2) is 6.18. The van der Waals surface area contributed by atoms with Gasteiger partial charge in [0.2, 0.25) is 0 Å². The van der Waals surface area contributed by atoms with Crippen LogP contribution in [-0.4, -0.2) is 14.7 Å². The Hall–Kier alpha value is -0.360. The first-order valence-corrected chi connectivity index (χ1v) is 8.28. The number of hydrogen-bond acceptors (Lipinski definition) is 1. The first-order valence-electron chi connectivity index (χ1n) is 6.17. The van der Waals surface area contributed by atoms with E-state index in [1.807, 2.05) is 20.8 Å². The predicted octanol–water partition coefficient (Wildman–Crippen LogP) is 5.12. The van der Waals surface area contributed by atoms with Crippen LogP contribution >= 0.6 is 15.9 Å². The Kier molecular flexibility index (Phi) is 5.46. The molecular formula is C14H18BrF3OS. The number of hydrogen-bond donors (Lipinski definition) is 0. The van der Waals surface area contributed by atoms with Gasteiger partial charge in [0, 0.05) is 25.8 Å². The lowest BCUT2D eigenvalue weighted by Crippen LogP contribution is -2.26. The van der Waals surface area contributed by atoms with Gasteiger partial charge < -0.3 is 0 Å². The van der Waals surface area contributed by atoms with Crippen LogP contribution in [0.2, 0.25) is 0 Å². The molecule has 0 unspecified atom stereocenters. The van der Waals surface area contributed by atoms with Crippen molar-refractivity contribution in [1.82, 2.24) is 0 Å². The van der Waals surface area contributed by atoms with Gasteiger partial charge >= 0.3 is 6.18 Å². The molecule has 0 aliphatic rings. The smallest absolute Gasteiger partial charge is 0.259 e. The summed E-state index contributed by atoms with van der Waals surface area (Å²) in [6.45, 7) is 7.37. The highest BCUT2D eigenvalue weighted by Gasteiger charge is 2.31. The molecule has 0 spiro atoms. The maximum atomic E-state index is 12.8. The fraction of sp³-hybridized carbons (Fsp3) is 0.571. The normalized spacial score (nSPS) is 16.0. The summed E-state index contributed by atoms with van der Waals surface area (Å²) in [5.41, 5.74) is -0.139. The molecular weight excluding hydrogens is 353 g/mol. The van der Waals surface area contributed by atoms with Crippen LogP contribution in [0.5, 0.6) is 0 Å². The molecule has 2 atom stereocenters. The topological polar surface area (TPSA) is 17.1 Å². The van der Waals surface area contributed by atoms with Crippen LogP contribution in [0.1, 0.15) is 44.7 Å². The lowest BCUT2D eigenvalue weighted by Gasteiger charge is -2.21. The minimum absolute atomic E-state index is 0.200. The average molecular weight is 371 g/mol. The zero-order valence-electron chi connectivity index (χ0n) is 11.8. The largest absolute Gasteiger partial charge is 0.416 e. The monoisotopic (exact) mass is 370 g/mol. The summed E-state index contributed by atoms with van der Waals surface area (Å²) in [6, 6.07) is 3.84. The summed E-state index contributed by atoms with van der Waals surface area (Å²) < 4.78 is 50.5. The van der Waals surface area contributed by atoms with Crippen LogP contribution in [0.25, 0.3) is 0 Å². The van der Waals surface area contributed by atoms with Gasteiger partial charge in [-0.05, 0) is 50.5 Å². The van der Waals surface area contributed by atoms with Gasteiger partial charge in [0.05, 0.1) is 5.56 Å². The second-order valence-electron chi connectivity index (χ2n) is 5.80.